The van der Waals surface area contributed by atoms with Gasteiger partial charge in [0.15, 0.2) is 0 Å². The Kier molecular flexibility index (Phi) is 8.45. The normalized spacial score (nSPS) is 12.7. The number of amides is 2. The Bertz CT molecular complexity index is 1330. The molecule has 2 amide bonds. The lowest BCUT2D eigenvalue weighted by molar-refractivity contribution is -0.143. The number of aliphatic carboxylic acids is 1. The molecule has 1 N–H and O–H groups in total. The number of carboxylic acid groups (broad SMARTS) is 1. The Morgan fingerprint density at radius 2 is 1.92 bits per heavy atom. The second-order valence-corrected chi connectivity index (χ2v) is 9.67. The molecule has 3 aromatic rings. The quantitative estimate of drug-likeness (QED) is 0.409. The van der Waals surface area contributed by atoms with Gasteiger partial charge in [-0.15, -0.1) is 0 Å². The molecule has 2 heterocycles. The van der Waals surface area contributed by atoms with Crippen LogP contribution in [0, 0.1) is 13.8 Å². The van der Waals surface area contributed by atoms with Crippen molar-refractivity contribution in [3.05, 3.63) is 65.5 Å². The molecule has 1 aromatic heterocycles. The van der Waals surface area contributed by atoms with Gasteiger partial charge in [-0.25, -0.2) is 0 Å². The Morgan fingerprint density at radius 1 is 1.13 bits per heavy atom. The average Bonchev–Trinajstić information content (AvgIpc) is 3.35. The van der Waals surface area contributed by atoms with Gasteiger partial charge in [0.25, 0.3) is 0 Å². The van der Waals surface area contributed by atoms with E-state index in [1.807, 2.05) is 42.2 Å². The van der Waals surface area contributed by atoms with Gasteiger partial charge in [0.2, 0.25) is 11.8 Å². The molecule has 0 saturated carbocycles. The average molecular weight is 519 g/mol. The highest BCUT2D eigenvalue weighted by Crippen LogP contribution is 2.35. The zero-order valence-corrected chi connectivity index (χ0v) is 22.1. The predicted molar refractivity (Wildman–Crippen MR) is 144 cm³/mol. The van der Waals surface area contributed by atoms with Gasteiger partial charge in [-0.3, -0.25) is 19.1 Å². The lowest BCUT2D eigenvalue weighted by Gasteiger charge is -2.31. The van der Waals surface area contributed by atoms with Crippen molar-refractivity contribution in [2.75, 3.05) is 31.6 Å². The summed E-state index contributed by atoms with van der Waals surface area (Å²) in [4.78, 5) is 39.4. The molecule has 0 unspecified atom stereocenters. The first kappa shape index (κ1) is 26.9. The minimum absolute atomic E-state index is 0.0481. The molecule has 1 aliphatic rings. The molecule has 38 heavy (non-hydrogen) atoms. The molecule has 9 heteroatoms. The second kappa shape index (κ2) is 11.9. The maximum absolute atomic E-state index is 13.2. The first-order valence-corrected chi connectivity index (χ1v) is 12.8. The van der Waals surface area contributed by atoms with Crippen molar-refractivity contribution in [2.24, 2.45) is 0 Å². The number of likely N-dealkylation sites (N-methyl/N-ethyl adjacent to an activating group) is 1. The van der Waals surface area contributed by atoms with Crippen LogP contribution in [-0.4, -0.2) is 64.3 Å². The maximum Gasteiger partial charge on any atom is 0.323 e. The smallest absolute Gasteiger partial charge is 0.323 e. The standard InChI is InChI=1S/C29H34N4O5/c1-20-8-4-12-26(21(20)2)38-15-7-13-27(34)33-14-6-10-24-23(9-5-11-25(24)33)22-16-30-32(17-22)18-28(35)31(3)19-29(36)37/h4-5,8-9,11-12,16-17H,6-7,10,13-15,18-19H2,1-3H3,(H,36,37). The number of benzene rings is 2. The van der Waals surface area contributed by atoms with Crippen molar-refractivity contribution in [1.82, 2.24) is 14.7 Å². The van der Waals surface area contributed by atoms with E-state index in [2.05, 4.69) is 18.1 Å². The van der Waals surface area contributed by atoms with Crippen LogP contribution < -0.4 is 9.64 Å². The molecule has 0 atom stereocenters. The van der Waals surface area contributed by atoms with E-state index in [0.29, 0.717) is 26.0 Å². The van der Waals surface area contributed by atoms with E-state index in [0.717, 1.165) is 51.4 Å². The molecule has 0 fully saturated rings. The van der Waals surface area contributed by atoms with Crippen molar-refractivity contribution >= 4 is 23.5 Å². The van der Waals surface area contributed by atoms with Crippen LogP contribution in [0.2, 0.25) is 0 Å². The molecule has 0 saturated heterocycles. The van der Waals surface area contributed by atoms with Crippen LogP contribution >= 0.6 is 0 Å². The Morgan fingerprint density at radius 3 is 2.71 bits per heavy atom. The second-order valence-electron chi connectivity index (χ2n) is 9.67. The van der Waals surface area contributed by atoms with E-state index in [9.17, 15) is 14.4 Å². The van der Waals surface area contributed by atoms with Crippen molar-refractivity contribution < 1.29 is 24.2 Å². The molecule has 2 aromatic carbocycles. The van der Waals surface area contributed by atoms with Crippen LogP contribution in [0.5, 0.6) is 5.75 Å². The highest BCUT2D eigenvalue weighted by atomic mass is 16.5. The minimum Gasteiger partial charge on any atom is -0.493 e. The summed E-state index contributed by atoms with van der Waals surface area (Å²) >= 11 is 0. The van der Waals surface area contributed by atoms with Gasteiger partial charge in [0, 0.05) is 37.5 Å². The molecular formula is C29H34N4O5. The molecule has 4 rings (SSSR count). The van der Waals surface area contributed by atoms with E-state index in [1.165, 1.54) is 17.3 Å². The first-order chi connectivity index (χ1) is 18.2. The fourth-order valence-electron chi connectivity index (χ4n) is 4.71. The van der Waals surface area contributed by atoms with Crippen molar-refractivity contribution in [3.63, 3.8) is 0 Å². The summed E-state index contributed by atoms with van der Waals surface area (Å²) in [7, 11) is 1.45. The summed E-state index contributed by atoms with van der Waals surface area (Å²) in [6.45, 7) is 4.85. The number of fused-ring (bicyclic) bond motifs is 1. The summed E-state index contributed by atoms with van der Waals surface area (Å²) in [6.07, 6.45) is 6.23. The van der Waals surface area contributed by atoms with Crippen LogP contribution in [0.15, 0.2) is 48.8 Å². The highest BCUT2D eigenvalue weighted by Gasteiger charge is 2.25. The number of aromatic nitrogens is 2. The molecule has 0 spiro atoms. The highest BCUT2D eigenvalue weighted by molar-refractivity contribution is 5.96. The van der Waals surface area contributed by atoms with Gasteiger partial charge in [-0.2, -0.15) is 5.10 Å². The van der Waals surface area contributed by atoms with Gasteiger partial charge < -0.3 is 19.6 Å². The zero-order chi connectivity index (χ0) is 27.2. The third kappa shape index (κ3) is 6.22. The number of aryl methyl sites for hydroxylation is 1. The summed E-state index contributed by atoms with van der Waals surface area (Å²) in [6, 6.07) is 11.9. The lowest BCUT2D eigenvalue weighted by Crippen LogP contribution is -2.35. The Labute approximate surface area is 222 Å². The number of carbonyl (C=O) groups excluding carboxylic acids is 2. The topological polar surface area (TPSA) is 105 Å². The van der Waals surface area contributed by atoms with Gasteiger partial charge >= 0.3 is 5.97 Å². The monoisotopic (exact) mass is 518 g/mol. The number of carboxylic acids is 1. The fourth-order valence-corrected chi connectivity index (χ4v) is 4.71. The SMILES string of the molecule is Cc1cccc(OCCCC(=O)N2CCCc3c(-c4cnn(CC(=O)N(C)CC(=O)O)c4)cccc32)c1C. The summed E-state index contributed by atoms with van der Waals surface area (Å²) < 4.78 is 7.44. The molecule has 1 aliphatic heterocycles. The van der Waals surface area contributed by atoms with Crippen LogP contribution in [0.4, 0.5) is 5.69 Å². The van der Waals surface area contributed by atoms with Crippen LogP contribution in [-0.2, 0) is 27.3 Å². The summed E-state index contributed by atoms with van der Waals surface area (Å²) in [5.41, 5.74) is 6.15. The predicted octanol–water partition coefficient (Wildman–Crippen LogP) is 3.85. The zero-order valence-electron chi connectivity index (χ0n) is 22.1. The number of rotatable bonds is 10. The fraction of sp³-hybridized carbons (Fsp3) is 0.379. The number of hydrogen-bond donors (Lipinski definition) is 1. The van der Waals surface area contributed by atoms with Gasteiger partial charge in [-0.05, 0) is 67.5 Å². The number of carbonyl (C=O) groups is 3. The van der Waals surface area contributed by atoms with Crippen LogP contribution in [0.1, 0.15) is 36.0 Å². The van der Waals surface area contributed by atoms with Gasteiger partial charge in [0.1, 0.15) is 18.8 Å². The number of ether oxygens (including phenoxy) is 1. The van der Waals surface area contributed by atoms with Crippen LogP contribution in [0.25, 0.3) is 11.1 Å². The molecular weight excluding hydrogens is 484 g/mol. The summed E-state index contributed by atoms with van der Waals surface area (Å²) in [5.74, 6) is -0.460. The molecule has 0 aliphatic carbocycles. The molecule has 200 valence electrons. The minimum atomic E-state index is -1.06. The Hall–Kier alpha value is -4.14. The number of hydrogen-bond acceptors (Lipinski definition) is 5. The van der Waals surface area contributed by atoms with E-state index in [1.54, 1.807) is 12.4 Å². The molecule has 9 nitrogen and oxygen atoms in total. The largest absolute Gasteiger partial charge is 0.493 e. The third-order valence-electron chi connectivity index (χ3n) is 6.94. The first-order valence-electron chi connectivity index (χ1n) is 12.8. The van der Waals surface area contributed by atoms with Crippen molar-refractivity contribution in [2.45, 2.75) is 46.1 Å². The lowest BCUT2D eigenvalue weighted by atomic mass is 9.93. The molecule has 0 bridgehead atoms. The maximum atomic E-state index is 13.2. The van der Waals surface area contributed by atoms with Crippen molar-refractivity contribution in [3.8, 4) is 16.9 Å². The van der Waals surface area contributed by atoms with Gasteiger partial charge in [-0.1, -0.05) is 24.3 Å². The van der Waals surface area contributed by atoms with Crippen LogP contribution in [0.3, 0.4) is 0 Å². The van der Waals surface area contributed by atoms with Crippen molar-refractivity contribution in [1.29, 1.82) is 0 Å². The molecule has 0 radical (unpaired) electrons. The van der Waals surface area contributed by atoms with E-state index < -0.39 is 5.97 Å². The Balaban J connectivity index is 1.41. The number of nitrogens with zero attached hydrogens (tertiary/aromatic N) is 4. The van der Waals surface area contributed by atoms with E-state index >= 15 is 0 Å². The third-order valence-corrected chi connectivity index (χ3v) is 6.94. The van der Waals surface area contributed by atoms with E-state index in [-0.39, 0.29) is 24.9 Å². The number of anilines is 1. The van der Waals surface area contributed by atoms with E-state index in [4.69, 9.17) is 9.84 Å². The summed E-state index contributed by atoms with van der Waals surface area (Å²) in [5, 5.41) is 13.2. The van der Waals surface area contributed by atoms with Gasteiger partial charge in [0.05, 0.1) is 12.8 Å².